The lowest BCUT2D eigenvalue weighted by Gasteiger charge is -1.99. The topological polar surface area (TPSA) is 42.0 Å². The van der Waals surface area contributed by atoms with Gasteiger partial charge in [-0.2, -0.15) is 4.37 Å². The molecule has 3 rings (SSSR count). The van der Waals surface area contributed by atoms with Crippen LogP contribution >= 0.6 is 23.3 Å². The molecule has 1 aromatic carbocycles. The van der Waals surface area contributed by atoms with Crippen molar-refractivity contribution in [1.82, 2.24) is 4.37 Å². The van der Waals surface area contributed by atoms with E-state index in [1.807, 2.05) is 6.07 Å². The van der Waals surface area contributed by atoms with E-state index in [9.17, 15) is 4.79 Å². The maximum absolute atomic E-state index is 11.9. The Hall–Kier alpha value is -1.33. The summed E-state index contributed by atoms with van der Waals surface area (Å²) in [5.41, 5.74) is 2.00. The minimum Gasteiger partial charge on any atom is -0.316 e. The Labute approximate surface area is 127 Å². The van der Waals surface area contributed by atoms with Crippen LogP contribution in [0.5, 0.6) is 0 Å². The highest BCUT2D eigenvalue weighted by Crippen LogP contribution is 2.39. The average Bonchev–Trinajstić information content (AvgIpc) is 3.02. The quantitative estimate of drug-likeness (QED) is 0.864. The van der Waals surface area contributed by atoms with Crippen LogP contribution in [-0.4, -0.2) is 16.5 Å². The van der Waals surface area contributed by atoms with Crippen LogP contribution in [0.15, 0.2) is 35.2 Å². The van der Waals surface area contributed by atoms with Gasteiger partial charge >= 0.3 is 0 Å². The second-order valence-electron chi connectivity index (χ2n) is 5.11. The van der Waals surface area contributed by atoms with Gasteiger partial charge in [-0.25, -0.2) is 0 Å². The van der Waals surface area contributed by atoms with E-state index in [2.05, 4.69) is 47.1 Å². The highest BCUT2D eigenvalue weighted by Gasteiger charge is 2.39. The summed E-state index contributed by atoms with van der Waals surface area (Å²) >= 11 is 3.06. The summed E-state index contributed by atoms with van der Waals surface area (Å²) in [6, 6.07) is 10.3. The number of hydrogen-bond donors (Lipinski definition) is 1. The van der Waals surface area contributed by atoms with Crippen molar-refractivity contribution in [2.24, 2.45) is 11.8 Å². The highest BCUT2D eigenvalue weighted by atomic mass is 32.2. The molecule has 0 bridgehead atoms. The minimum absolute atomic E-state index is 0.130. The van der Waals surface area contributed by atoms with Gasteiger partial charge in [-0.05, 0) is 42.3 Å². The van der Waals surface area contributed by atoms with E-state index in [1.165, 1.54) is 16.4 Å². The molecule has 1 unspecified atom stereocenters. The molecule has 1 fully saturated rings. The number of rotatable bonds is 4. The van der Waals surface area contributed by atoms with Crippen molar-refractivity contribution in [2.45, 2.75) is 18.2 Å². The van der Waals surface area contributed by atoms with E-state index in [1.54, 1.807) is 11.8 Å². The van der Waals surface area contributed by atoms with E-state index in [4.69, 9.17) is 0 Å². The molecule has 1 aliphatic rings. The number of thioether (sulfide) groups is 1. The number of nitrogens with one attached hydrogen (secondary N) is 1. The van der Waals surface area contributed by atoms with Crippen molar-refractivity contribution < 1.29 is 4.79 Å². The first-order valence-electron chi connectivity index (χ1n) is 6.59. The highest BCUT2D eigenvalue weighted by molar-refractivity contribution is 7.98. The zero-order chi connectivity index (χ0) is 14.1. The number of carbonyl (C=O) groups is 1. The molecule has 20 heavy (non-hydrogen) atoms. The van der Waals surface area contributed by atoms with Crippen LogP contribution in [0.4, 0.5) is 5.00 Å². The standard InChI is InChI=1S/C15H16N2OS2/c1-9-7-12(9)15(18)16-14-8-13(17-20-14)10-3-5-11(19-2)6-4-10/h3-6,8-9,12H,7H2,1-2H3,(H,16,18)/t9?,12-/m1/s1. The maximum atomic E-state index is 11.9. The van der Waals surface area contributed by atoms with Gasteiger partial charge in [0, 0.05) is 22.4 Å². The summed E-state index contributed by atoms with van der Waals surface area (Å²) < 4.78 is 4.41. The normalized spacial score (nSPS) is 20.7. The monoisotopic (exact) mass is 304 g/mol. The van der Waals surface area contributed by atoms with Gasteiger partial charge in [-0.3, -0.25) is 4.79 Å². The fraction of sp³-hybridized carbons (Fsp3) is 0.333. The Bertz CT molecular complexity index is 621. The lowest BCUT2D eigenvalue weighted by Crippen LogP contribution is -2.13. The SMILES string of the molecule is CSc1ccc(-c2cc(NC(=O)[C@@H]3CC3C)sn2)cc1. The van der Waals surface area contributed by atoms with E-state index in [-0.39, 0.29) is 11.8 Å². The molecular weight excluding hydrogens is 288 g/mol. The van der Waals surface area contributed by atoms with Crippen LogP contribution in [0.25, 0.3) is 11.3 Å². The van der Waals surface area contributed by atoms with Crippen LogP contribution < -0.4 is 5.32 Å². The van der Waals surface area contributed by atoms with Crippen LogP contribution in [0, 0.1) is 11.8 Å². The smallest absolute Gasteiger partial charge is 0.228 e. The first-order valence-corrected chi connectivity index (χ1v) is 8.59. The molecule has 1 aromatic heterocycles. The van der Waals surface area contributed by atoms with Crippen molar-refractivity contribution in [3.8, 4) is 11.3 Å². The van der Waals surface area contributed by atoms with Crippen molar-refractivity contribution in [2.75, 3.05) is 11.6 Å². The number of aromatic nitrogens is 1. The van der Waals surface area contributed by atoms with Crippen molar-refractivity contribution in [3.05, 3.63) is 30.3 Å². The Balaban J connectivity index is 1.70. The van der Waals surface area contributed by atoms with Gasteiger partial charge in [0.15, 0.2) is 0 Å². The second kappa shape index (κ2) is 5.58. The molecular formula is C15H16N2OS2. The molecule has 0 aliphatic heterocycles. The van der Waals surface area contributed by atoms with Gasteiger partial charge in [0.25, 0.3) is 0 Å². The van der Waals surface area contributed by atoms with Crippen molar-refractivity contribution in [3.63, 3.8) is 0 Å². The molecule has 0 saturated heterocycles. The largest absolute Gasteiger partial charge is 0.316 e. The Morgan fingerprint density at radius 3 is 2.70 bits per heavy atom. The third-order valence-electron chi connectivity index (χ3n) is 3.59. The first-order chi connectivity index (χ1) is 9.67. The summed E-state index contributed by atoms with van der Waals surface area (Å²) in [4.78, 5) is 13.1. The van der Waals surface area contributed by atoms with E-state index in [0.29, 0.717) is 5.92 Å². The maximum Gasteiger partial charge on any atom is 0.228 e. The second-order valence-corrected chi connectivity index (χ2v) is 6.80. The predicted molar refractivity (Wildman–Crippen MR) is 85.2 cm³/mol. The fourth-order valence-corrected chi connectivity index (χ4v) is 3.21. The molecule has 1 heterocycles. The summed E-state index contributed by atoms with van der Waals surface area (Å²) in [5, 5.41) is 3.79. The van der Waals surface area contributed by atoms with Gasteiger partial charge in [0.05, 0.1) is 5.69 Å². The van der Waals surface area contributed by atoms with Crippen molar-refractivity contribution >= 4 is 34.2 Å². The van der Waals surface area contributed by atoms with Crippen molar-refractivity contribution in [1.29, 1.82) is 0 Å². The molecule has 2 atom stereocenters. The van der Waals surface area contributed by atoms with Gasteiger partial charge < -0.3 is 5.32 Å². The Kier molecular flexibility index (Phi) is 3.81. The molecule has 0 radical (unpaired) electrons. The van der Waals surface area contributed by atoms with Gasteiger partial charge in [-0.15, -0.1) is 11.8 Å². The number of amides is 1. The van der Waals surface area contributed by atoms with E-state index >= 15 is 0 Å². The van der Waals surface area contributed by atoms with E-state index in [0.717, 1.165) is 22.7 Å². The first kappa shape index (κ1) is 13.6. The molecule has 5 heteroatoms. The molecule has 104 valence electrons. The number of benzene rings is 1. The zero-order valence-corrected chi connectivity index (χ0v) is 13.1. The third-order valence-corrected chi connectivity index (χ3v) is 5.04. The van der Waals surface area contributed by atoms with E-state index < -0.39 is 0 Å². The molecule has 0 spiro atoms. The van der Waals surface area contributed by atoms with Gasteiger partial charge in [0.1, 0.15) is 5.00 Å². The lowest BCUT2D eigenvalue weighted by molar-refractivity contribution is -0.117. The van der Waals surface area contributed by atoms with Crippen LogP contribution in [0.1, 0.15) is 13.3 Å². The van der Waals surface area contributed by atoms with Crippen LogP contribution in [0.2, 0.25) is 0 Å². The lowest BCUT2D eigenvalue weighted by atomic mass is 10.1. The average molecular weight is 304 g/mol. The number of anilines is 1. The van der Waals surface area contributed by atoms with Gasteiger partial charge in [0.2, 0.25) is 5.91 Å². The number of carbonyl (C=O) groups excluding carboxylic acids is 1. The predicted octanol–water partition coefficient (Wildman–Crippen LogP) is 4.13. The summed E-state index contributed by atoms with van der Waals surface area (Å²) in [6.07, 6.45) is 3.07. The zero-order valence-electron chi connectivity index (χ0n) is 11.4. The fourth-order valence-electron chi connectivity index (χ4n) is 2.13. The molecule has 1 saturated carbocycles. The molecule has 1 amide bonds. The molecule has 2 aromatic rings. The van der Waals surface area contributed by atoms with Gasteiger partial charge in [-0.1, -0.05) is 19.1 Å². The summed E-state index contributed by atoms with van der Waals surface area (Å²) in [7, 11) is 0. The summed E-state index contributed by atoms with van der Waals surface area (Å²) in [5.74, 6) is 0.855. The minimum atomic E-state index is 0.130. The summed E-state index contributed by atoms with van der Waals surface area (Å²) in [6.45, 7) is 2.11. The number of hydrogen-bond acceptors (Lipinski definition) is 4. The molecule has 3 nitrogen and oxygen atoms in total. The Morgan fingerprint density at radius 1 is 1.40 bits per heavy atom. The Morgan fingerprint density at radius 2 is 2.10 bits per heavy atom. The molecule has 1 aliphatic carbocycles. The molecule has 1 N–H and O–H groups in total. The van der Waals surface area contributed by atoms with Crippen LogP contribution in [-0.2, 0) is 4.79 Å². The van der Waals surface area contributed by atoms with Crippen LogP contribution in [0.3, 0.4) is 0 Å². The third kappa shape index (κ3) is 2.88. The number of nitrogens with zero attached hydrogens (tertiary/aromatic N) is 1.